The second-order valence-electron chi connectivity index (χ2n) is 4.15. The molecule has 0 unspecified atom stereocenters. The van der Waals surface area contributed by atoms with Crippen LogP contribution >= 0.6 is 0 Å². The minimum atomic E-state index is -0.868. The minimum absolute atomic E-state index is 0.0439. The molecule has 0 aliphatic heterocycles. The Bertz CT molecular complexity index is 414. The van der Waals surface area contributed by atoms with Gasteiger partial charge >= 0.3 is 12.0 Å². The molecule has 7 nitrogen and oxygen atoms in total. The second-order valence-corrected chi connectivity index (χ2v) is 4.15. The number of aromatic nitrogens is 2. The maximum Gasteiger partial charge on any atom is 0.320 e. The molecule has 0 saturated carbocycles. The molecule has 18 heavy (non-hydrogen) atoms. The molecule has 0 aromatic carbocycles. The van der Waals surface area contributed by atoms with Gasteiger partial charge in [-0.25, -0.2) is 4.79 Å². The van der Waals surface area contributed by atoms with Gasteiger partial charge in [0.25, 0.3) is 0 Å². The fourth-order valence-electron chi connectivity index (χ4n) is 1.29. The van der Waals surface area contributed by atoms with Gasteiger partial charge < -0.3 is 10.4 Å². The van der Waals surface area contributed by atoms with Crippen molar-refractivity contribution in [1.82, 2.24) is 15.1 Å². The van der Waals surface area contributed by atoms with Crippen LogP contribution in [0.15, 0.2) is 12.3 Å². The lowest BCUT2D eigenvalue weighted by atomic mass is 10.3. The van der Waals surface area contributed by atoms with Gasteiger partial charge in [0.15, 0.2) is 5.82 Å². The topological polar surface area (TPSA) is 96.2 Å². The maximum absolute atomic E-state index is 11.4. The molecule has 1 heterocycles. The van der Waals surface area contributed by atoms with Crippen molar-refractivity contribution < 1.29 is 14.7 Å². The molecule has 1 aromatic heterocycles. The fourth-order valence-corrected chi connectivity index (χ4v) is 1.29. The highest BCUT2D eigenvalue weighted by atomic mass is 16.4. The number of amides is 2. The quantitative estimate of drug-likeness (QED) is 0.669. The van der Waals surface area contributed by atoms with E-state index in [0.717, 1.165) is 0 Å². The van der Waals surface area contributed by atoms with Gasteiger partial charge in [0.2, 0.25) is 0 Å². The third kappa shape index (κ3) is 4.86. The number of carbonyl (C=O) groups is 2. The average molecular weight is 254 g/mol. The van der Waals surface area contributed by atoms with Crippen molar-refractivity contribution in [2.45, 2.75) is 32.7 Å². The fraction of sp³-hybridized carbons (Fsp3) is 0.545. The summed E-state index contributed by atoms with van der Waals surface area (Å²) in [6.45, 7) is 4.30. The van der Waals surface area contributed by atoms with Crippen LogP contribution < -0.4 is 10.6 Å². The Kier molecular flexibility index (Phi) is 5.16. The largest absolute Gasteiger partial charge is 0.481 e. The standard InChI is InChI=1S/C11H18N4O3/c1-8(2)15-7-5-9(14-15)13-11(18)12-6-3-4-10(16)17/h5,7-8H,3-4,6H2,1-2H3,(H,16,17)(H2,12,13,14,18). The number of hydrogen-bond donors (Lipinski definition) is 3. The number of carboxylic acids is 1. The van der Waals surface area contributed by atoms with E-state index in [2.05, 4.69) is 15.7 Å². The summed E-state index contributed by atoms with van der Waals surface area (Å²) in [5.74, 6) is -0.396. The molecule has 0 spiro atoms. The van der Waals surface area contributed by atoms with Crippen molar-refractivity contribution in [3.8, 4) is 0 Å². The van der Waals surface area contributed by atoms with E-state index in [-0.39, 0.29) is 18.5 Å². The zero-order valence-electron chi connectivity index (χ0n) is 10.5. The lowest BCUT2D eigenvalue weighted by Crippen LogP contribution is -2.30. The maximum atomic E-state index is 11.4. The van der Waals surface area contributed by atoms with Gasteiger partial charge in [-0.3, -0.25) is 14.8 Å². The van der Waals surface area contributed by atoms with Crippen LogP contribution in [0.1, 0.15) is 32.7 Å². The Morgan fingerprint density at radius 3 is 2.78 bits per heavy atom. The highest BCUT2D eigenvalue weighted by molar-refractivity contribution is 5.88. The van der Waals surface area contributed by atoms with E-state index in [1.54, 1.807) is 16.9 Å². The monoisotopic (exact) mass is 254 g/mol. The Labute approximate surface area is 105 Å². The van der Waals surface area contributed by atoms with Crippen molar-refractivity contribution in [2.24, 2.45) is 0 Å². The number of aliphatic carboxylic acids is 1. The molecule has 0 bridgehead atoms. The SMILES string of the molecule is CC(C)n1ccc(NC(=O)NCCCC(=O)O)n1. The molecule has 1 rings (SSSR count). The lowest BCUT2D eigenvalue weighted by molar-refractivity contribution is -0.137. The number of carboxylic acid groups (broad SMARTS) is 1. The number of carbonyl (C=O) groups excluding carboxylic acids is 1. The third-order valence-corrected chi connectivity index (χ3v) is 2.23. The number of nitrogens with zero attached hydrogens (tertiary/aromatic N) is 2. The molecule has 0 saturated heterocycles. The first-order valence-electron chi connectivity index (χ1n) is 5.81. The first kappa shape index (κ1) is 14.0. The first-order chi connectivity index (χ1) is 8.49. The predicted octanol–water partition coefficient (Wildman–Crippen LogP) is 1.45. The summed E-state index contributed by atoms with van der Waals surface area (Å²) in [6, 6.07) is 1.56. The van der Waals surface area contributed by atoms with Crippen LogP contribution in [0, 0.1) is 0 Å². The Morgan fingerprint density at radius 1 is 1.50 bits per heavy atom. The number of rotatable bonds is 6. The molecule has 7 heteroatoms. The summed E-state index contributed by atoms with van der Waals surface area (Å²) in [4.78, 5) is 21.7. The van der Waals surface area contributed by atoms with Gasteiger partial charge in [-0.05, 0) is 20.3 Å². The average Bonchev–Trinajstić information content (AvgIpc) is 2.72. The zero-order chi connectivity index (χ0) is 13.5. The zero-order valence-corrected chi connectivity index (χ0v) is 10.5. The highest BCUT2D eigenvalue weighted by Gasteiger charge is 2.05. The van der Waals surface area contributed by atoms with Crippen LogP contribution in [0.4, 0.5) is 10.6 Å². The first-order valence-corrected chi connectivity index (χ1v) is 5.81. The summed E-state index contributed by atoms with van der Waals surface area (Å²) in [6.07, 6.45) is 2.23. The normalized spacial score (nSPS) is 10.4. The highest BCUT2D eigenvalue weighted by Crippen LogP contribution is 2.07. The second kappa shape index (κ2) is 6.63. The predicted molar refractivity (Wildman–Crippen MR) is 66.5 cm³/mol. The Balaban J connectivity index is 2.28. The number of nitrogens with one attached hydrogen (secondary N) is 2. The van der Waals surface area contributed by atoms with E-state index >= 15 is 0 Å². The minimum Gasteiger partial charge on any atom is -0.481 e. The van der Waals surface area contributed by atoms with E-state index in [9.17, 15) is 9.59 Å². The molecule has 2 amide bonds. The summed E-state index contributed by atoms with van der Waals surface area (Å²) in [7, 11) is 0. The van der Waals surface area contributed by atoms with E-state index in [0.29, 0.717) is 18.8 Å². The van der Waals surface area contributed by atoms with Crippen molar-refractivity contribution in [3.63, 3.8) is 0 Å². The van der Waals surface area contributed by atoms with Crippen LogP contribution in [0.2, 0.25) is 0 Å². The number of anilines is 1. The summed E-state index contributed by atoms with van der Waals surface area (Å²) in [5.41, 5.74) is 0. The van der Waals surface area contributed by atoms with E-state index in [1.807, 2.05) is 13.8 Å². The van der Waals surface area contributed by atoms with E-state index in [1.165, 1.54) is 0 Å². The number of hydrogen-bond acceptors (Lipinski definition) is 3. The molecular weight excluding hydrogens is 236 g/mol. The van der Waals surface area contributed by atoms with Crippen LogP contribution in [-0.2, 0) is 4.79 Å². The molecule has 0 atom stereocenters. The van der Waals surface area contributed by atoms with Gasteiger partial charge in [0.1, 0.15) is 0 Å². The molecule has 3 N–H and O–H groups in total. The van der Waals surface area contributed by atoms with E-state index in [4.69, 9.17) is 5.11 Å². The van der Waals surface area contributed by atoms with Crippen molar-refractivity contribution in [3.05, 3.63) is 12.3 Å². The Morgan fingerprint density at radius 2 is 2.22 bits per heavy atom. The van der Waals surface area contributed by atoms with Crippen LogP contribution in [-0.4, -0.2) is 33.4 Å². The van der Waals surface area contributed by atoms with Gasteiger partial charge in [-0.15, -0.1) is 0 Å². The Hall–Kier alpha value is -2.05. The van der Waals surface area contributed by atoms with E-state index < -0.39 is 5.97 Å². The molecular formula is C11H18N4O3. The molecule has 0 aliphatic carbocycles. The van der Waals surface area contributed by atoms with Crippen molar-refractivity contribution in [2.75, 3.05) is 11.9 Å². The molecule has 100 valence electrons. The third-order valence-electron chi connectivity index (χ3n) is 2.23. The summed E-state index contributed by atoms with van der Waals surface area (Å²) in [5, 5.41) is 17.7. The lowest BCUT2D eigenvalue weighted by Gasteiger charge is -2.05. The molecule has 0 radical (unpaired) electrons. The van der Waals surface area contributed by atoms with Gasteiger partial charge in [0.05, 0.1) is 0 Å². The summed E-state index contributed by atoms with van der Waals surface area (Å²) < 4.78 is 1.74. The number of urea groups is 1. The van der Waals surface area contributed by atoms with Crippen LogP contribution in [0.3, 0.4) is 0 Å². The molecule has 1 aromatic rings. The van der Waals surface area contributed by atoms with Gasteiger partial charge in [0, 0.05) is 31.3 Å². The van der Waals surface area contributed by atoms with Crippen LogP contribution in [0.25, 0.3) is 0 Å². The smallest absolute Gasteiger partial charge is 0.320 e. The van der Waals surface area contributed by atoms with Gasteiger partial charge in [-0.1, -0.05) is 0 Å². The molecule has 0 fully saturated rings. The van der Waals surface area contributed by atoms with Gasteiger partial charge in [-0.2, -0.15) is 5.10 Å². The van der Waals surface area contributed by atoms with Crippen molar-refractivity contribution >= 4 is 17.8 Å². The molecule has 0 aliphatic rings. The van der Waals surface area contributed by atoms with Crippen LogP contribution in [0.5, 0.6) is 0 Å². The summed E-state index contributed by atoms with van der Waals surface area (Å²) >= 11 is 0. The van der Waals surface area contributed by atoms with Crippen molar-refractivity contribution in [1.29, 1.82) is 0 Å².